The highest BCUT2D eigenvalue weighted by Gasteiger charge is 2.19. The fourth-order valence-electron chi connectivity index (χ4n) is 1.25. The second-order valence-electron chi connectivity index (χ2n) is 3.27. The zero-order chi connectivity index (χ0) is 11.3. The fraction of sp³-hybridized carbons (Fsp3) is 0.333. The van der Waals surface area contributed by atoms with Crippen molar-refractivity contribution in [3.05, 3.63) is 42.5 Å². The predicted molar refractivity (Wildman–Crippen MR) is 71.8 cm³/mol. The molecule has 0 aliphatic heterocycles. The lowest BCUT2D eigenvalue weighted by Crippen LogP contribution is -2.16. The Bertz CT molecular complexity index is 334. The number of alkyl halides is 2. The average Bonchev–Trinajstić information content (AvgIpc) is 2.18. The van der Waals surface area contributed by atoms with Crippen LogP contribution in [0.5, 0.6) is 5.75 Å². The highest BCUT2D eigenvalue weighted by atomic mass is 79.9. The van der Waals surface area contributed by atoms with Crippen LogP contribution >= 0.6 is 31.9 Å². The Morgan fingerprint density at radius 1 is 1.47 bits per heavy atom. The highest BCUT2D eigenvalue weighted by Crippen LogP contribution is 2.31. The molecule has 0 saturated carbocycles. The third-order valence-corrected chi connectivity index (χ3v) is 2.90. The van der Waals surface area contributed by atoms with Gasteiger partial charge in [-0.2, -0.15) is 0 Å². The van der Waals surface area contributed by atoms with Crippen molar-refractivity contribution < 1.29 is 4.74 Å². The fourth-order valence-corrected chi connectivity index (χ4v) is 1.63. The van der Waals surface area contributed by atoms with E-state index < -0.39 is 3.42 Å². The van der Waals surface area contributed by atoms with Crippen LogP contribution < -0.4 is 4.74 Å². The predicted octanol–water partition coefficient (Wildman–Crippen LogP) is 4.65. The molecule has 0 amide bonds. The summed E-state index contributed by atoms with van der Waals surface area (Å²) in [5.74, 6) is 0.828. The zero-order valence-corrected chi connectivity index (χ0v) is 11.8. The van der Waals surface area contributed by atoms with Gasteiger partial charge in [0.05, 0.1) is 0 Å². The van der Waals surface area contributed by atoms with Gasteiger partial charge in [0.25, 0.3) is 0 Å². The first-order chi connectivity index (χ1) is 7.07. The summed E-state index contributed by atoms with van der Waals surface area (Å²) in [6.45, 7) is 5.83. The van der Waals surface area contributed by atoms with E-state index in [4.69, 9.17) is 4.74 Å². The molecule has 3 heteroatoms. The average molecular weight is 334 g/mol. The summed E-state index contributed by atoms with van der Waals surface area (Å²) in [6.07, 6.45) is 3.86. The van der Waals surface area contributed by atoms with Crippen LogP contribution in [0.1, 0.15) is 18.9 Å². The third-order valence-electron chi connectivity index (χ3n) is 1.93. The van der Waals surface area contributed by atoms with E-state index in [0.717, 1.165) is 18.6 Å². The third kappa shape index (κ3) is 4.39. The van der Waals surface area contributed by atoms with Crippen molar-refractivity contribution in [1.29, 1.82) is 0 Å². The van der Waals surface area contributed by atoms with Crippen molar-refractivity contribution in [2.45, 2.75) is 23.2 Å². The second kappa shape index (κ2) is 5.71. The van der Waals surface area contributed by atoms with Gasteiger partial charge in [-0.15, -0.1) is 0 Å². The normalized spacial score (nSPS) is 11.1. The van der Waals surface area contributed by atoms with Gasteiger partial charge in [-0.05, 0) is 62.1 Å². The molecular formula is C12H14Br2O. The van der Waals surface area contributed by atoms with Crippen LogP contribution in [0.4, 0.5) is 0 Å². The standard InChI is InChI=1S/C12H14Br2O/c1-3-6-10-7-5-8-11(9-10)15-12(13,14)4-2/h4-5,7-9H,2-3,6H2,1H3. The molecule has 1 aromatic rings. The Labute approximate surface area is 108 Å². The van der Waals surface area contributed by atoms with Crippen molar-refractivity contribution in [1.82, 2.24) is 0 Å². The monoisotopic (exact) mass is 332 g/mol. The van der Waals surface area contributed by atoms with Crippen molar-refractivity contribution in [3.8, 4) is 5.75 Å². The largest absolute Gasteiger partial charge is 0.463 e. The van der Waals surface area contributed by atoms with Crippen molar-refractivity contribution >= 4 is 31.9 Å². The van der Waals surface area contributed by atoms with Gasteiger partial charge >= 0.3 is 0 Å². The van der Waals surface area contributed by atoms with Crippen LogP contribution in [0.15, 0.2) is 36.9 Å². The van der Waals surface area contributed by atoms with Crippen molar-refractivity contribution in [3.63, 3.8) is 0 Å². The quantitative estimate of drug-likeness (QED) is 0.563. The maximum atomic E-state index is 5.65. The van der Waals surface area contributed by atoms with Gasteiger partial charge in [-0.3, -0.25) is 0 Å². The van der Waals surface area contributed by atoms with Crippen LogP contribution in [0.25, 0.3) is 0 Å². The van der Waals surface area contributed by atoms with Gasteiger partial charge in [0, 0.05) is 0 Å². The van der Waals surface area contributed by atoms with Crippen LogP contribution in [-0.4, -0.2) is 3.42 Å². The maximum absolute atomic E-state index is 5.65. The molecule has 15 heavy (non-hydrogen) atoms. The minimum Gasteiger partial charge on any atom is -0.463 e. The van der Waals surface area contributed by atoms with E-state index in [9.17, 15) is 0 Å². The van der Waals surface area contributed by atoms with Gasteiger partial charge < -0.3 is 4.74 Å². The number of rotatable bonds is 5. The van der Waals surface area contributed by atoms with E-state index in [0.29, 0.717) is 0 Å². The summed E-state index contributed by atoms with van der Waals surface area (Å²) in [7, 11) is 0. The zero-order valence-electron chi connectivity index (χ0n) is 8.67. The number of hydrogen-bond donors (Lipinski definition) is 0. The highest BCUT2D eigenvalue weighted by molar-refractivity contribution is 9.25. The number of aryl methyl sites for hydroxylation is 1. The molecule has 0 bridgehead atoms. The summed E-state index contributed by atoms with van der Waals surface area (Å²) in [5, 5.41) is 0. The van der Waals surface area contributed by atoms with Crippen LogP contribution in [-0.2, 0) is 6.42 Å². The first-order valence-electron chi connectivity index (χ1n) is 4.87. The number of halogens is 2. The molecule has 0 aromatic heterocycles. The lowest BCUT2D eigenvalue weighted by atomic mass is 10.1. The molecule has 0 N–H and O–H groups in total. The van der Waals surface area contributed by atoms with Crippen molar-refractivity contribution in [2.75, 3.05) is 0 Å². The van der Waals surface area contributed by atoms with Crippen LogP contribution in [0, 0.1) is 0 Å². The first-order valence-corrected chi connectivity index (χ1v) is 6.45. The number of hydrogen-bond acceptors (Lipinski definition) is 1. The van der Waals surface area contributed by atoms with Gasteiger partial charge in [-0.25, -0.2) is 0 Å². The molecule has 0 fully saturated rings. The molecule has 1 nitrogen and oxygen atoms in total. The summed E-state index contributed by atoms with van der Waals surface area (Å²) < 4.78 is 4.98. The molecule has 1 rings (SSSR count). The molecule has 0 unspecified atom stereocenters. The molecule has 0 radical (unpaired) electrons. The summed E-state index contributed by atoms with van der Waals surface area (Å²) in [6, 6.07) is 8.08. The van der Waals surface area contributed by atoms with E-state index in [2.05, 4.69) is 51.4 Å². The Kier molecular flexibility index (Phi) is 4.87. The summed E-state index contributed by atoms with van der Waals surface area (Å²) >= 11 is 6.72. The molecule has 0 atom stereocenters. The lowest BCUT2D eigenvalue weighted by Gasteiger charge is -2.18. The van der Waals surface area contributed by atoms with Gasteiger partial charge in [0.1, 0.15) is 5.75 Å². The SMILES string of the molecule is C=CC(Br)(Br)Oc1cccc(CCC)c1. The minimum absolute atomic E-state index is 0.676. The van der Waals surface area contributed by atoms with Gasteiger partial charge in [0.15, 0.2) is 0 Å². The first kappa shape index (κ1) is 12.8. The smallest absolute Gasteiger partial charge is 0.236 e. The van der Waals surface area contributed by atoms with Gasteiger partial charge in [-0.1, -0.05) is 32.1 Å². The number of benzene rings is 1. The molecule has 0 spiro atoms. The van der Waals surface area contributed by atoms with Gasteiger partial charge in [0.2, 0.25) is 3.42 Å². The second-order valence-corrected chi connectivity index (χ2v) is 6.69. The Morgan fingerprint density at radius 3 is 2.80 bits per heavy atom. The molecule has 0 aliphatic carbocycles. The topological polar surface area (TPSA) is 9.23 Å². The molecule has 0 aliphatic rings. The van der Waals surface area contributed by atoms with Crippen LogP contribution in [0.3, 0.4) is 0 Å². The summed E-state index contributed by atoms with van der Waals surface area (Å²) in [4.78, 5) is 0. The van der Waals surface area contributed by atoms with E-state index >= 15 is 0 Å². The molecule has 1 aromatic carbocycles. The van der Waals surface area contributed by atoms with E-state index in [1.165, 1.54) is 5.56 Å². The maximum Gasteiger partial charge on any atom is 0.236 e. The molecule has 0 saturated heterocycles. The van der Waals surface area contributed by atoms with Crippen LogP contribution in [0.2, 0.25) is 0 Å². The Balaban J connectivity index is 2.77. The minimum atomic E-state index is -0.676. The Hall–Kier alpha value is -0.280. The van der Waals surface area contributed by atoms with Crippen molar-refractivity contribution in [2.24, 2.45) is 0 Å². The summed E-state index contributed by atoms with van der Waals surface area (Å²) in [5.41, 5.74) is 1.29. The number of ether oxygens (including phenoxy) is 1. The molecular weight excluding hydrogens is 320 g/mol. The lowest BCUT2D eigenvalue weighted by molar-refractivity contribution is 0.316. The van der Waals surface area contributed by atoms with E-state index in [1.54, 1.807) is 6.08 Å². The Morgan fingerprint density at radius 2 is 2.20 bits per heavy atom. The van der Waals surface area contributed by atoms with E-state index in [-0.39, 0.29) is 0 Å². The molecule has 0 heterocycles. The molecule has 82 valence electrons. The van der Waals surface area contributed by atoms with E-state index in [1.807, 2.05) is 18.2 Å².